The van der Waals surface area contributed by atoms with E-state index in [1.807, 2.05) is 6.92 Å². The topological polar surface area (TPSA) is 67.8 Å². The largest absolute Gasteiger partial charge is 0.494 e. The first-order valence-electron chi connectivity index (χ1n) is 8.72. The zero-order chi connectivity index (χ0) is 20.9. The molecule has 0 spiro atoms. The second kappa shape index (κ2) is 9.31. The van der Waals surface area contributed by atoms with E-state index >= 15 is 0 Å². The summed E-state index contributed by atoms with van der Waals surface area (Å²) in [7, 11) is -3.71. The fourth-order valence-corrected chi connectivity index (χ4v) is 3.98. The van der Waals surface area contributed by atoms with Crippen molar-refractivity contribution < 1.29 is 13.2 Å². The number of ether oxygens (including phenoxy) is 1. The van der Waals surface area contributed by atoms with Gasteiger partial charge in [-0.05, 0) is 67.6 Å². The average molecular weight is 449 g/mol. The van der Waals surface area contributed by atoms with Crippen LogP contribution in [0.25, 0.3) is 0 Å². The number of aliphatic imine (C=N–C) groups is 1. The van der Waals surface area contributed by atoms with E-state index < -0.39 is 10.0 Å². The quantitative estimate of drug-likeness (QED) is 0.454. The Bertz CT molecular complexity index is 1110. The summed E-state index contributed by atoms with van der Waals surface area (Å²) < 4.78 is 33.0. The fourth-order valence-electron chi connectivity index (χ4n) is 2.46. The van der Waals surface area contributed by atoms with Gasteiger partial charge < -0.3 is 4.74 Å². The minimum Gasteiger partial charge on any atom is -0.494 e. The lowest BCUT2D eigenvalue weighted by Crippen LogP contribution is -2.12. The van der Waals surface area contributed by atoms with E-state index in [1.54, 1.807) is 60.8 Å². The molecule has 0 aliphatic rings. The minimum atomic E-state index is -3.71. The molecule has 0 saturated carbocycles. The van der Waals surface area contributed by atoms with Gasteiger partial charge in [-0.25, -0.2) is 8.42 Å². The molecule has 0 saturated heterocycles. The molecule has 0 unspecified atom stereocenters. The third-order valence-corrected chi connectivity index (χ3v) is 5.84. The molecule has 29 heavy (non-hydrogen) atoms. The van der Waals surface area contributed by atoms with Gasteiger partial charge in [0.2, 0.25) is 0 Å². The molecule has 0 aliphatic heterocycles. The van der Waals surface area contributed by atoms with Gasteiger partial charge in [0.1, 0.15) is 5.75 Å². The number of sulfonamides is 1. The van der Waals surface area contributed by atoms with Crippen LogP contribution in [0.1, 0.15) is 12.5 Å². The van der Waals surface area contributed by atoms with Gasteiger partial charge in [0, 0.05) is 22.5 Å². The van der Waals surface area contributed by atoms with Crippen LogP contribution in [0, 0.1) is 0 Å². The van der Waals surface area contributed by atoms with Crippen LogP contribution < -0.4 is 9.46 Å². The number of hydrogen-bond donors (Lipinski definition) is 1. The van der Waals surface area contributed by atoms with Crippen molar-refractivity contribution in [1.82, 2.24) is 0 Å². The Morgan fingerprint density at radius 1 is 1.00 bits per heavy atom. The van der Waals surface area contributed by atoms with Gasteiger partial charge in [-0.1, -0.05) is 29.3 Å². The number of hydrogen-bond acceptors (Lipinski definition) is 4. The molecule has 0 aromatic heterocycles. The van der Waals surface area contributed by atoms with E-state index in [0.717, 1.165) is 0 Å². The van der Waals surface area contributed by atoms with Crippen LogP contribution in [0.4, 0.5) is 11.4 Å². The molecule has 0 atom stereocenters. The van der Waals surface area contributed by atoms with Crippen LogP contribution in [-0.2, 0) is 10.0 Å². The molecular weight excluding hydrogens is 431 g/mol. The molecule has 3 aromatic rings. The molecule has 0 radical (unpaired) electrons. The number of anilines is 1. The van der Waals surface area contributed by atoms with Gasteiger partial charge in [0.05, 0.1) is 22.2 Å². The smallest absolute Gasteiger partial charge is 0.261 e. The van der Waals surface area contributed by atoms with Crippen molar-refractivity contribution in [3.05, 3.63) is 82.3 Å². The maximum absolute atomic E-state index is 12.6. The van der Waals surface area contributed by atoms with E-state index in [-0.39, 0.29) is 4.90 Å². The van der Waals surface area contributed by atoms with Crippen molar-refractivity contribution in [2.24, 2.45) is 4.99 Å². The lowest BCUT2D eigenvalue weighted by molar-refractivity contribution is 0.340. The molecule has 0 aliphatic carbocycles. The van der Waals surface area contributed by atoms with Crippen molar-refractivity contribution in [2.45, 2.75) is 11.8 Å². The highest BCUT2D eigenvalue weighted by molar-refractivity contribution is 7.92. The Morgan fingerprint density at radius 3 is 2.31 bits per heavy atom. The van der Waals surface area contributed by atoms with Gasteiger partial charge in [-0.15, -0.1) is 0 Å². The van der Waals surface area contributed by atoms with Crippen molar-refractivity contribution >= 4 is 50.8 Å². The molecule has 8 heteroatoms. The fraction of sp³-hybridized carbons (Fsp3) is 0.0952. The molecule has 5 nitrogen and oxygen atoms in total. The van der Waals surface area contributed by atoms with Gasteiger partial charge in [-0.2, -0.15) is 0 Å². The van der Waals surface area contributed by atoms with Crippen molar-refractivity contribution in [3.8, 4) is 5.75 Å². The summed E-state index contributed by atoms with van der Waals surface area (Å²) in [4.78, 5) is 4.45. The second-order valence-corrected chi connectivity index (χ2v) is 8.51. The van der Waals surface area contributed by atoms with Crippen LogP contribution >= 0.6 is 23.2 Å². The van der Waals surface area contributed by atoms with E-state index in [9.17, 15) is 8.42 Å². The van der Waals surface area contributed by atoms with Gasteiger partial charge in [0.15, 0.2) is 0 Å². The van der Waals surface area contributed by atoms with Crippen LogP contribution in [0.15, 0.2) is 76.6 Å². The zero-order valence-corrected chi connectivity index (χ0v) is 17.8. The number of benzene rings is 3. The maximum Gasteiger partial charge on any atom is 0.261 e. The van der Waals surface area contributed by atoms with E-state index in [2.05, 4.69) is 9.71 Å². The Balaban J connectivity index is 1.71. The molecule has 0 amide bonds. The first kappa shape index (κ1) is 21.2. The predicted molar refractivity (Wildman–Crippen MR) is 119 cm³/mol. The number of nitrogens with zero attached hydrogens (tertiary/aromatic N) is 1. The van der Waals surface area contributed by atoms with Crippen molar-refractivity contribution in [2.75, 3.05) is 11.3 Å². The normalized spacial score (nSPS) is 11.6. The van der Waals surface area contributed by atoms with E-state index in [4.69, 9.17) is 27.9 Å². The second-order valence-electron chi connectivity index (χ2n) is 5.98. The lowest BCUT2D eigenvalue weighted by atomic mass is 10.2. The summed E-state index contributed by atoms with van der Waals surface area (Å²) in [6, 6.07) is 18.0. The van der Waals surface area contributed by atoms with Gasteiger partial charge >= 0.3 is 0 Å². The number of rotatable bonds is 7. The first-order valence-corrected chi connectivity index (χ1v) is 11.0. The monoisotopic (exact) mass is 448 g/mol. The summed E-state index contributed by atoms with van der Waals surface area (Å²) in [6.45, 7) is 2.43. The summed E-state index contributed by atoms with van der Waals surface area (Å²) in [5.74, 6) is 0.679. The number of halogens is 2. The Morgan fingerprint density at radius 2 is 1.69 bits per heavy atom. The van der Waals surface area contributed by atoms with Crippen molar-refractivity contribution in [1.29, 1.82) is 0 Å². The zero-order valence-electron chi connectivity index (χ0n) is 15.5. The summed E-state index contributed by atoms with van der Waals surface area (Å²) in [5.41, 5.74) is 1.76. The summed E-state index contributed by atoms with van der Waals surface area (Å²) >= 11 is 12.0. The molecule has 150 valence electrons. The Labute approximate surface area is 180 Å². The molecular formula is C21H18Cl2N2O3S. The molecule has 0 heterocycles. The highest BCUT2D eigenvalue weighted by Crippen LogP contribution is 2.23. The minimum absolute atomic E-state index is 0.134. The standard InChI is InChI=1S/C21H18Cl2N2O3S/c1-2-28-19-9-5-18(6-10-19)25-29(26,27)20-11-7-17(8-12-20)24-14-15-3-4-16(22)13-21(15)23/h3-14,25H,2H2,1H3. The molecule has 1 N–H and O–H groups in total. The molecule has 0 fully saturated rings. The first-order chi connectivity index (χ1) is 13.9. The SMILES string of the molecule is CCOc1ccc(NS(=O)(=O)c2ccc(N=Cc3ccc(Cl)cc3Cl)cc2)cc1. The highest BCUT2D eigenvalue weighted by Gasteiger charge is 2.14. The van der Waals surface area contributed by atoms with Crippen molar-refractivity contribution in [3.63, 3.8) is 0 Å². The van der Waals surface area contributed by atoms with Crippen LogP contribution in [0.5, 0.6) is 5.75 Å². The maximum atomic E-state index is 12.6. The van der Waals surface area contributed by atoms with Crippen LogP contribution in [0.3, 0.4) is 0 Å². The third kappa shape index (κ3) is 5.73. The summed E-state index contributed by atoms with van der Waals surface area (Å²) in [6.07, 6.45) is 1.60. The predicted octanol–water partition coefficient (Wildman–Crippen LogP) is 5.94. The van der Waals surface area contributed by atoms with E-state index in [1.165, 1.54) is 12.1 Å². The van der Waals surface area contributed by atoms with Crippen LogP contribution in [-0.4, -0.2) is 21.2 Å². The molecule has 0 bridgehead atoms. The Hall–Kier alpha value is -2.54. The third-order valence-electron chi connectivity index (χ3n) is 3.88. The Kier molecular flexibility index (Phi) is 6.79. The molecule has 3 rings (SSSR count). The lowest BCUT2D eigenvalue weighted by Gasteiger charge is -2.09. The molecule has 3 aromatic carbocycles. The van der Waals surface area contributed by atoms with E-state index in [0.29, 0.717) is 39.3 Å². The van der Waals surface area contributed by atoms with Gasteiger partial charge in [-0.3, -0.25) is 9.71 Å². The summed E-state index contributed by atoms with van der Waals surface area (Å²) in [5, 5.41) is 1.03. The highest BCUT2D eigenvalue weighted by atomic mass is 35.5. The average Bonchev–Trinajstić information content (AvgIpc) is 2.69. The number of nitrogens with one attached hydrogen (secondary N) is 1. The van der Waals surface area contributed by atoms with Crippen LogP contribution in [0.2, 0.25) is 10.0 Å². The van der Waals surface area contributed by atoms with Gasteiger partial charge in [0.25, 0.3) is 10.0 Å².